The highest BCUT2D eigenvalue weighted by Crippen LogP contribution is 2.32. The molecular weight excluding hydrogens is 390 g/mol. The zero-order valence-electron chi connectivity index (χ0n) is 18.7. The molecule has 0 aliphatic carbocycles. The third-order valence-electron chi connectivity index (χ3n) is 6.21. The van der Waals surface area contributed by atoms with E-state index in [0.717, 1.165) is 50.6 Å². The molecule has 2 aromatic carbocycles. The van der Waals surface area contributed by atoms with Crippen LogP contribution >= 0.6 is 0 Å². The lowest BCUT2D eigenvalue weighted by atomic mass is 9.97. The first-order valence-corrected chi connectivity index (χ1v) is 11.5. The lowest BCUT2D eigenvalue weighted by Gasteiger charge is -2.30. The van der Waals surface area contributed by atoms with E-state index in [0.29, 0.717) is 19.3 Å². The molecule has 1 fully saturated rings. The summed E-state index contributed by atoms with van der Waals surface area (Å²) in [5.41, 5.74) is 2.47. The fraction of sp³-hybridized carbons (Fsp3) is 0.480. The predicted octanol–water partition coefficient (Wildman–Crippen LogP) is 0.602. The van der Waals surface area contributed by atoms with Gasteiger partial charge in [0.1, 0.15) is 32.7 Å². The number of nitrogens with one attached hydrogen (secondary N) is 3. The molecule has 0 unspecified atom stereocenters. The Morgan fingerprint density at radius 3 is 2.42 bits per heavy atom. The van der Waals surface area contributed by atoms with Gasteiger partial charge in [-0.05, 0) is 36.1 Å². The number of fused-ring (bicyclic) bond motifs is 1. The van der Waals surface area contributed by atoms with Crippen LogP contribution in [0, 0.1) is 5.92 Å². The van der Waals surface area contributed by atoms with Gasteiger partial charge in [-0.15, -0.1) is 0 Å². The largest absolute Gasteiger partial charge is 0.454 e. The number of hydrogen-bond acceptors (Lipinski definition) is 3. The average molecular weight is 426 g/mol. The van der Waals surface area contributed by atoms with Gasteiger partial charge in [0, 0.05) is 5.56 Å². The van der Waals surface area contributed by atoms with E-state index in [1.165, 1.54) is 16.0 Å². The van der Waals surface area contributed by atoms with Crippen LogP contribution in [-0.2, 0) is 11.3 Å². The first kappa shape index (κ1) is 21.7. The maximum absolute atomic E-state index is 12.8. The molecule has 2 heterocycles. The van der Waals surface area contributed by atoms with Crippen molar-refractivity contribution in [2.24, 2.45) is 5.92 Å². The van der Waals surface area contributed by atoms with Crippen molar-refractivity contribution in [2.75, 3.05) is 39.5 Å². The SMILES string of the molecule is CC(C)C[C@H](NC(=O)C[NH+]1CC[NH+](Cc2ccc3c(c2)OCO3)CC1)c1ccccc1. The molecule has 6 nitrogen and oxygen atoms in total. The molecule has 0 bridgehead atoms. The Labute approximate surface area is 185 Å². The van der Waals surface area contributed by atoms with Crippen molar-refractivity contribution < 1.29 is 24.1 Å². The number of piperazine rings is 1. The number of quaternary nitrogens is 2. The summed E-state index contributed by atoms with van der Waals surface area (Å²) in [5.74, 6) is 2.38. The molecule has 3 N–H and O–H groups in total. The van der Waals surface area contributed by atoms with E-state index >= 15 is 0 Å². The molecule has 1 saturated heterocycles. The third kappa shape index (κ3) is 5.99. The van der Waals surface area contributed by atoms with Gasteiger partial charge >= 0.3 is 0 Å². The van der Waals surface area contributed by atoms with Gasteiger partial charge in [-0.2, -0.15) is 0 Å². The number of carbonyl (C=O) groups is 1. The molecule has 166 valence electrons. The molecule has 4 rings (SSSR count). The lowest BCUT2D eigenvalue weighted by Crippen LogP contribution is -3.28. The second-order valence-electron chi connectivity index (χ2n) is 9.20. The van der Waals surface area contributed by atoms with Gasteiger partial charge in [-0.25, -0.2) is 0 Å². The van der Waals surface area contributed by atoms with E-state index in [-0.39, 0.29) is 11.9 Å². The topological polar surface area (TPSA) is 56.4 Å². The zero-order valence-corrected chi connectivity index (χ0v) is 18.7. The minimum absolute atomic E-state index is 0.0889. The first-order valence-electron chi connectivity index (χ1n) is 11.5. The highest BCUT2D eigenvalue weighted by molar-refractivity contribution is 5.77. The fourth-order valence-electron chi connectivity index (χ4n) is 4.56. The third-order valence-corrected chi connectivity index (χ3v) is 6.21. The minimum Gasteiger partial charge on any atom is -0.454 e. The van der Waals surface area contributed by atoms with Crippen LogP contribution in [-0.4, -0.2) is 45.4 Å². The number of benzene rings is 2. The van der Waals surface area contributed by atoms with Crippen LogP contribution < -0.4 is 24.6 Å². The molecule has 0 spiro atoms. The van der Waals surface area contributed by atoms with Gasteiger partial charge in [-0.1, -0.05) is 44.2 Å². The van der Waals surface area contributed by atoms with Gasteiger partial charge in [0.25, 0.3) is 5.91 Å². The van der Waals surface area contributed by atoms with Crippen LogP contribution in [0.15, 0.2) is 48.5 Å². The summed E-state index contributed by atoms with van der Waals surface area (Å²) in [5, 5.41) is 3.29. The normalized spacial score (nSPS) is 21.1. The lowest BCUT2D eigenvalue weighted by molar-refractivity contribution is -1.02. The van der Waals surface area contributed by atoms with Crippen LogP contribution in [0.25, 0.3) is 0 Å². The highest BCUT2D eigenvalue weighted by atomic mass is 16.7. The summed E-state index contributed by atoms with van der Waals surface area (Å²) >= 11 is 0. The van der Waals surface area contributed by atoms with Crippen LogP contribution in [0.4, 0.5) is 0 Å². The van der Waals surface area contributed by atoms with E-state index in [4.69, 9.17) is 9.47 Å². The standard InChI is InChI=1S/C25H33N3O3/c1-19(2)14-22(21-6-4-3-5-7-21)26-25(29)17-28-12-10-27(11-13-28)16-20-8-9-23-24(15-20)31-18-30-23/h3-9,15,19,22H,10-14,16-18H2,1-2H3,(H,26,29)/p+2/t22-/m0/s1. The van der Waals surface area contributed by atoms with Crippen molar-refractivity contribution in [1.82, 2.24) is 5.32 Å². The van der Waals surface area contributed by atoms with Crippen molar-refractivity contribution in [3.05, 3.63) is 59.7 Å². The maximum atomic E-state index is 12.8. The van der Waals surface area contributed by atoms with Crippen LogP contribution in [0.3, 0.4) is 0 Å². The Hall–Kier alpha value is -2.57. The van der Waals surface area contributed by atoms with Crippen molar-refractivity contribution >= 4 is 5.91 Å². The van der Waals surface area contributed by atoms with Gasteiger partial charge in [0.15, 0.2) is 18.0 Å². The monoisotopic (exact) mass is 425 g/mol. The summed E-state index contributed by atoms with van der Waals surface area (Å²) in [4.78, 5) is 15.7. The Balaban J connectivity index is 1.24. The number of rotatable bonds is 8. The number of hydrogen-bond donors (Lipinski definition) is 3. The van der Waals surface area contributed by atoms with Crippen LogP contribution in [0.5, 0.6) is 11.5 Å². The molecular formula is C25H35N3O3+2. The molecule has 31 heavy (non-hydrogen) atoms. The molecule has 2 aliphatic heterocycles. The Kier molecular flexibility index (Phi) is 7.10. The van der Waals surface area contributed by atoms with E-state index in [9.17, 15) is 4.79 Å². The Morgan fingerprint density at radius 2 is 1.68 bits per heavy atom. The summed E-state index contributed by atoms with van der Waals surface area (Å²) in [7, 11) is 0. The van der Waals surface area contributed by atoms with Crippen molar-refractivity contribution in [1.29, 1.82) is 0 Å². The van der Waals surface area contributed by atoms with Gasteiger partial charge in [-0.3, -0.25) is 4.79 Å². The molecule has 2 aromatic rings. The average Bonchev–Trinajstić information content (AvgIpc) is 3.23. The van der Waals surface area contributed by atoms with Crippen molar-refractivity contribution in [3.8, 4) is 11.5 Å². The summed E-state index contributed by atoms with van der Waals surface area (Å²) < 4.78 is 10.9. The summed E-state index contributed by atoms with van der Waals surface area (Å²) in [6.45, 7) is 10.5. The van der Waals surface area contributed by atoms with Crippen LogP contribution in [0.2, 0.25) is 0 Å². The highest BCUT2D eigenvalue weighted by Gasteiger charge is 2.26. The van der Waals surface area contributed by atoms with E-state index in [1.807, 2.05) is 24.3 Å². The molecule has 1 amide bonds. The Morgan fingerprint density at radius 1 is 0.968 bits per heavy atom. The molecule has 0 saturated carbocycles. The number of carbonyl (C=O) groups excluding carboxylic acids is 1. The Bertz CT molecular complexity index is 864. The summed E-state index contributed by atoms with van der Waals surface area (Å²) in [6, 6.07) is 16.6. The number of ether oxygens (including phenoxy) is 2. The molecule has 0 aromatic heterocycles. The maximum Gasteiger partial charge on any atom is 0.275 e. The van der Waals surface area contributed by atoms with Gasteiger partial charge in [0.2, 0.25) is 6.79 Å². The molecule has 2 aliphatic rings. The van der Waals surface area contributed by atoms with Gasteiger partial charge < -0.3 is 24.6 Å². The minimum atomic E-state index is 0.0889. The van der Waals surface area contributed by atoms with Crippen molar-refractivity contribution in [3.63, 3.8) is 0 Å². The van der Waals surface area contributed by atoms with Gasteiger partial charge in [0.05, 0.1) is 6.04 Å². The molecule has 6 heteroatoms. The fourth-order valence-corrected chi connectivity index (χ4v) is 4.56. The van der Waals surface area contributed by atoms with E-state index in [1.54, 1.807) is 4.90 Å². The van der Waals surface area contributed by atoms with E-state index in [2.05, 4.69) is 43.4 Å². The number of amides is 1. The first-order chi connectivity index (χ1) is 15.1. The van der Waals surface area contributed by atoms with E-state index < -0.39 is 0 Å². The second-order valence-corrected chi connectivity index (χ2v) is 9.20. The zero-order chi connectivity index (χ0) is 21.6. The molecule has 0 radical (unpaired) electrons. The smallest absolute Gasteiger partial charge is 0.275 e. The summed E-state index contributed by atoms with van der Waals surface area (Å²) in [6.07, 6.45) is 0.957. The quantitative estimate of drug-likeness (QED) is 0.581. The van der Waals surface area contributed by atoms with Crippen LogP contribution in [0.1, 0.15) is 37.4 Å². The van der Waals surface area contributed by atoms with Crippen molar-refractivity contribution in [2.45, 2.75) is 32.9 Å². The second kappa shape index (κ2) is 10.2. The molecule has 1 atom stereocenters. The predicted molar refractivity (Wildman–Crippen MR) is 119 cm³/mol.